The minimum Gasteiger partial charge on any atom is -0.497 e. The number of carbonyl (C=O) groups excluding carboxylic acids is 1. The van der Waals surface area contributed by atoms with E-state index in [0.717, 1.165) is 23.5 Å². The molecule has 0 saturated heterocycles. The lowest BCUT2D eigenvalue weighted by Gasteiger charge is -2.27. The van der Waals surface area contributed by atoms with Gasteiger partial charge in [0.2, 0.25) is 5.91 Å². The van der Waals surface area contributed by atoms with Crippen molar-refractivity contribution in [3.8, 4) is 11.5 Å². The van der Waals surface area contributed by atoms with Crippen molar-refractivity contribution in [2.75, 3.05) is 27.3 Å². The molecule has 2 rings (SSSR count). The van der Waals surface area contributed by atoms with E-state index in [1.165, 1.54) is 0 Å². The average Bonchev–Trinajstić information content (AvgIpc) is 2.46. The highest BCUT2D eigenvalue weighted by atomic mass is 16.5. The fourth-order valence-corrected chi connectivity index (χ4v) is 2.20. The number of hydrogen-bond donors (Lipinski definition) is 2. The van der Waals surface area contributed by atoms with Crippen LogP contribution in [0.1, 0.15) is 24.4 Å². The van der Waals surface area contributed by atoms with E-state index in [4.69, 9.17) is 9.47 Å². The highest BCUT2D eigenvalue weighted by Crippen LogP contribution is 2.34. The third-order valence-corrected chi connectivity index (χ3v) is 3.28. The number of fused-ring (bicyclic) bond motifs is 1. The Morgan fingerprint density at radius 2 is 2.37 bits per heavy atom. The Labute approximate surface area is 113 Å². The van der Waals surface area contributed by atoms with Gasteiger partial charge >= 0.3 is 0 Å². The standard InChI is InChI=1S/C14H20N2O3/c1-15-14(17)5-7-16-12-6-8-19-13-4-3-10(18-2)9-11(12)13/h3-4,9,12,16H,5-8H2,1-2H3,(H,15,17). The molecule has 104 valence electrons. The van der Waals surface area contributed by atoms with Crippen LogP contribution in [0.2, 0.25) is 0 Å². The third kappa shape index (κ3) is 3.38. The smallest absolute Gasteiger partial charge is 0.221 e. The number of nitrogens with one attached hydrogen (secondary N) is 2. The highest BCUT2D eigenvalue weighted by molar-refractivity contribution is 5.75. The van der Waals surface area contributed by atoms with Crippen LogP contribution in [0.3, 0.4) is 0 Å². The van der Waals surface area contributed by atoms with Gasteiger partial charge < -0.3 is 20.1 Å². The normalized spacial score (nSPS) is 17.3. The van der Waals surface area contributed by atoms with E-state index in [-0.39, 0.29) is 11.9 Å². The molecule has 0 radical (unpaired) electrons. The Morgan fingerprint density at radius 3 is 3.11 bits per heavy atom. The minimum atomic E-state index is 0.0467. The predicted octanol–water partition coefficient (Wildman–Crippen LogP) is 1.24. The molecule has 0 spiro atoms. The summed E-state index contributed by atoms with van der Waals surface area (Å²) in [6, 6.07) is 6.03. The number of ether oxygens (including phenoxy) is 2. The predicted molar refractivity (Wildman–Crippen MR) is 72.5 cm³/mol. The number of rotatable bonds is 5. The van der Waals surface area contributed by atoms with Gasteiger partial charge in [0.1, 0.15) is 11.5 Å². The summed E-state index contributed by atoms with van der Waals surface area (Å²) >= 11 is 0. The van der Waals surface area contributed by atoms with Gasteiger partial charge in [-0.1, -0.05) is 0 Å². The molecule has 1 amide bonds. The lowest BCUT2D eigenvalue weighted by Crippen LogP contribution is -2.30. The summed E-state index contributed by atoms with van der Waals surface area (Å²) in [4.78, 5) is 11.2. The van der Waals surface area contributed by atoms with Crippen LogP contribution in [0.25, 0.3) is 0 Å². The van der Waals surface area contributed by atoms with Crippen molar-refractivity contribution >= 4 is 5.91 Å². The Morgan fingerprint density at radius 1 is 1.53 bits per heavy atom. The summed E-state index contributed by atoms with van der Waals surface area (Å²) < 4.78 is 10.9. The molecule has 1 heterocycles. The zero-order valence-corrected chi connectivity index (χ0v) is 11.4. The molecule has 1 aromatic carbocycles. The molecule has 1 atom stereocenters. The maximum absolute atomic E-state index is 11.2. The quantitative estimate of drug-likeness (QED) is 0.840. The van der Waals surface area contributed by atoms with Crippen LogP contribution >= 0.6 is 0 Å². The van der Waals surface area contributed by atoms with Crippen molar-refractivity contribution in [2.45, 2.75) is 18.9 Å². The van der Waals surface area contributed by atoms with Gasteiger partial charge in [-0.25, -0.2) is 0 Å². The largest absolute Gasteiger partial charge is 0.497 e. The molecule has 5 heteroatoms. The lowest BCUT2D eigenvalue weighted by molar-refractivity contribution is -0.120. The van der Waals surface area contributed by atoms with Crippen LogP contribution in [0.15, 0.2) is 18.2 Å². The van der Waals surface area contributed by atoms with Crippen molar-refractivity contribution in [1.82, 2.24) is 10.6 Å². The first kappa shape index (κ1) is 13.7. The van der Waals surface area contributed by atoms with E-state index in [1.807, 2.05) is 18.2 Å². The monoisotopic (exact) mass is 264 g/mol. The van der Waals surface area contributed by atoms with Crippen LogP contribution in [0.4, 0.5) is 0 Å². The number of methoxy groups -OCH3 is 1. The second-order valence-electron chi connectivity index (χ2n) is 4.47. The van der Waals surface area contributed by atoms with Crippen molar-refractivity contribution in [3.63, 3.8) is 0 Å². The first-order valence-corrected chi connectivity index (χ1v) is 6.49. The molecule has 1 unspecified atom stereocenters. The maximum atomic E-state index is 11.2. The Kier molecular flexibility index (Phi) is 4.63. The molecule has 1 aromatic rings. The number of amides is 1. The molecule has 1 aliphatic heterocycles. The Bertz CT molecular complexity index is 448. The molecular weight excluding hydrogens is 244 g/mol. The zero-order chi connectivity index (χ0) is 13.7. The molecule has 19 heavy (non-hydrogen) atoms. The highest BCUT2D eigenvalue weighted by Gasteiger charge is 2.21. The van der Waals surface area contributed by atoms with Gasteiger partial charge in [-0.15, -0.1) is 0 Å². The summed E-state index contributed by atoms with van der Waals surface area (Å²) in [5, 5.41) is 6.01. The summed E-state index contributed by atoms with van der Waals surface area (Å²) in [5.74, 6) is 1.76. The number of benzene rings is 1. The fourth-order valence-electron chi connectivity index (χ4n) is 2.20. The van der Waals surface area contributed by atoms with Crippen molar-refractivity contribution in [1.29, 1.82) is 0 Å². The van der Waals surface area contributed by atoms with Crippen LogP contribution in [-0.4, -0.2) is 33.2 Å². The van der Waals surface area contributed by atoms with E-state index in [1.54, 1.807) is 14.2 Å². The van der Waals surface area contributed by atoms with Crippen molar-refractivity contribution in [3.05, 3.63) is 23.8 Å². The van der Waals surface area contributed by atoms with E-state index in [0.29, 0.717) is 19.6 Å². The topological polar surface area (TPSA) is 59.6 Å². The lowest BCUT2D eigenvalue weighted by atomic mass is 10.00. The third-order valence-electron chi connectivity index (χ3n) is 3.28. The second kappa shape index (κ2) is 6.43. The van der Waals surface area contributed by atoms with Gasteiger partial charge in [-0.2, -0.15) is 0 Å². The summed E-state index contributed by atoms with van der Waals surface area (Å²) in [6.07, 6.45) is 1.38. The maximum Gasteiger partial charge on any atom is 0.221 e. The summed E-state index contributed by atoms with van der Waals surface area (Å²) in [6.45, 7) is 1.35. The SMILES string of the molecule is CNC(=O)CCNC1CCOc2ccc(OC)cc21. The van der Waals surface area contributed by atoms with Gasteiger partial charge in [0.05, 0.1) is 13.7 Å². The van der Waals surface area contributed by atoms with Crippen molar-refractivity contribution < 1.29 is 14.3 Å². The van der Waals surface area contributed by atoms with Gasteiger partial charge in [0.25, 0.3) is 0 Å². The molecule has 1 aliphatic rings. The number of carbonyl (C=O) groups is 1. The molecule has 2 N–H and O–H groups in total. The molecule has 0 bridgehead atoms. The van der Waals surface area contributed by atoms with Gasteiger partial charge in [-0.05, 0) is 18.2 Å². The first-order chi connectivity index (χ1) is 9.24. The van der Waals surface area contributed by atoms with Gasteiger partial charge in [-0.3, -0.25) is 4.79 Å². The molecule has 5 nitrogen and oxygen atoms in total. The number of hydrogen-bond acceptors (Lipinski definition) is 4. The fraction of sp³-hybridized carbons (Fsp3) is 0.500. The molecule has 0 saturated carbocycles. The van der Waals surface area contributed by atoms with E-state index in [2.05, 4.69) is 10.6 Å². The van der Waals surface area contributed by atoms with E-state index in [9.17, 15) is 4.79 Å². The van der Waals surface area contributed by atoms with Crippen LogP contribution in [0.5, 0.6) is 11.5 Å². The zero-order valence-electron chi connectivity index (χ0n) is 11.4. The molecule has 0 aromatic heterocycles. The van der Waals surface area contributed by atoms with Crippen LogP contribution in [0, 0.1) is 0 Å². The van der Waals surface area contributed by atoms with Crippen molar-refractivity contribution in [2.24, 2.45) is 0 Å². The molecule has 0 aliphatic carbocycles. The Hall–Kier alpha value is -1.75. The van der Waals surface area contributed by atoms with Gasteiger partial charge in [0, 0.05) is 38.0 Å². The van der Waals surface area contributed by atoms with Crippen LogP contribution in [-0.2, 0) is 4.79 Å². The second-order valence-corrected chi connectivity index (χ2v) is 4.47. The summed E-state index contributed by atoms with van der Waals surface area (Å²) in [5.41, 5.74) is 1.10. The average molecular weight is 264 g/mol. The van der Waals surface area contributed by atoms with Gasteiger partial charge in [0.15, 0.2) is 0 Å². The van der Waals surface area contributed by atoms with E-state index < -0.39 is 0 Å². The molecule has 0 fully saturated rings. The Balaban J connectivity index is 2.02. The van der Waals surface area contributed by atoms with E-state index >= 15 is 0 Å². The van der Waals surface area contributed by atoms with Crippen LogP contribution < -0.4 is 20.1 Å². The minimum absolute atomic E-state index is 0.0467. The summed E-state index contributed by atoms with van der Waals surface area (Å²) in [7, 11) is 3.30. The molecular formula is C14H20N2O3. The first-order valence-electron chi connectivity index (χ1n) is 6.49.